The van der Waals surface area contributed by atoms with Gasteiger partial charge in [0.25, 0.3) is 0 Å². The number of rotatable bonds is 4. The standard InChI is InChI=1S/C16H23NO2/c1-3-12-4-9-15(10-11(12)2)17-14-7-5-13(6-8-14)16(18)19/h4,9-10,13-14,17H,3,5-8H2,1-2H3,(H,18,19). The van der Waals surface area contributed by atoms with Gasteiger partial charge >= 0.3 is 5.97 Å². The van der Waals surface area contributed by atoms with E-state index in [1.165, 1.54) is 11.1 Å². The van der Waals surface area contributed by atoms with Gasteiger partial charge < -0.3 is 10.4 Å². The molecule has 3 heteroatoms. The average molecular weight is 261 g/mol. The van der Waals surface area contributed by atoms with Crippen molar-refractivity contribution in [1.29, 1.82) is 0 Å². The van der Waals surface area contributed by atoms with Crippen LogP contribution in [0.4, 0.5) is 5.69 Å². The molecule has 1 saturated carbocycles. The minimum atomic E-state index is -0.637. The Bertz CT molecular complexity index is 448. The smallest absolute Gasteiger partial charge is 0.306 e. The second-order valence-corrected chi connectivity index (χ2v) is 5.53. The van der Waals surface area contributed by atoms with Crippen molar-refractivity contribution in [2.45, 2.75) is 52.0 Å². The summed E-state index contributed by atoms with van der Waals surface area (Å²) < 4.78 is 0. The molecule has 2 rings (SSSR count). The Labute approximate surface area is 115 Å². The van der Waals surface area contributed by atoms with Crippen LogP contribution >= 0.6 is 0 Å². The van der Waals surface area contributed by atoms with Crippen LogP contribution in [0, 0.1) is 12.8 Å². The normalized spacial score (nSPS) is 23.1. The van der Waals surface area contributed by atoms with Gasteiger partial charge in [-0.25, -0.2) is 0 Å². The van der Waals surface area contributed by atoms with Gasteiger partial charge in [0.1, 0.15) is 0 Å². The van der Waals surface area contributed by atoms with E-state index < -0.39 is 5.97 Å². The molecule has 19 heavy (non-hydrogen) atoms. The van der Waals surface area contributed by atoms with Crippen LogP contribution in [0.15, 0.2) is 18.2 Å². The number of aryl methyl sites for hydroxylation is 2. The average Bonchev–Trinajstić information content (AvgIpc) is 2.39. The van der Waals surface area contributed by atoms with Crippen LogP contribution in [0.3, 0.4) is 0 Å². The number of carbonyl (C=O) groups is 1. The minimum Gasteiger partial charge on any atom is -0.481 e. The number of aliphatic carboxylic acids is 1. The van der Waals surface area contributed by atoms with Crippen molar-refractivity contribution in [3.05, 3.63) is 29.3 Å². The van der Waals surface area contributed by atoms with Crippen LogP contribution in [-0.2, 0) is 11.2 Å². The number of hydrogen-bond donors (Lipinski definition) is 2. The highest BCUT2D eigenvalue weighted by molar-refractivity contribution is 5.70. The largest absolute Gasteiger partial charge is 0.481 e. The second-order valence-electron chi connectivity index (χ2n) is 5.53. The van der Waals surface area contributed by atoms with E-state index in [0.29, 0.717) is 6.04 Å². The summed E-state index contributed by atoms with van der Waals surface area (Å²) >= 11 is 0. The van der Waals surface area contributed by atoms with E-state index in [4.69, 9.17) is 5.11 Å². The van der Waals surface area contributed by atoms with Crippen molar-refractivity contribution in [2.75, 3.05) is 5.32 Å². The molecule has 0 saturated heterocycles. The fourth-order valence-electron chi connectivity index (χ4n) is 2.90. The molecular weight excluding hydrogens is 238 g/mol. The summed E-state index contributed by atoms with van der Waals surface area (Å²) in [5, 5.41) is 12.5. The van der Waals surface area contributed by atoms with Gasteiger partial charge in [0, 0.05) is 11.7 Å². The van der Waals surface area contributed by atoms with E-state index in [-0.39, 0.29) is 5.92 Å². The zero-order valence-corrected chi connectivity index (χ0v) is 11.8. The fraction of sp³-hybridized carbons (Fsp3) is 0.562. The number of anilines is 1. The van der Waals surface area contributed by atoms with Gasteiger partial charge in [0.2, 0.25) is 0 Å². The van der Waals surface area contributed by atoms with E-state index >= 15 is 0 Å². The molecule has 0 radical (unpaired) electrons. The van der Waals surface area contributed by atoms with Crippen LogP contribution in [-0.4, -0.2) is 17.1 Å². The van der Waals surface area contributed by atoms with Crippen molar-refractivity contribution in [3.63, 3.8) is 0 Å². The SMILES string of the molecule is CCc1ccc(NC2CCC(C(=O)O)CC2)cc1C. The van der Waals surface area contributed by atoms with Crippen molar-refractivity contribution < 1.29 is 9.90 Å². The third-order valence-corrected chi connectivity index (χ3v) is 4.17. The summed E-state index contributed by atoms with van der Waals surface area (Å²) in [4.78, 5) is 10.9. The summed E-state index contributed by atoms with van der Waals surface area (Å²) in [6.45, 7) is 4.31. The van der Waals surface area contributed by atoms with Crippen molar-refractivity contribution in [2.24, 2.45) is 5.92 Å². The van der Waals surface area contributed by atoms with Gasteiger partial charge in [-0.2, -0.15) is 0 Å². The predicted molar refractivity (Wildman–Crippen MR) is 77.6 cm³/mol. The molecule has 2 N–H and O–H groups in total. The Morgan fingerprint density at radius 3 is 2.53 bits per heavy atom. The maximum atomic E-state index is 10.9. The van der Waals surface area contributed by atoms with Gasteiger partial charge in [-0.3, -0.25) is 4.79 Å². The molecule has 3 nitrogen and oxygen atoms in total. The third-order valence-electron chi connectivity index (χ3n) is 4.17. The zero-order chi connectivity index (χ0) is 13.8. The lowest BCUT2D eigenvalue weighted by molar-refractivity contribution is -0.142. The van der Waals surface area contributed by atoms with Crippen molar-refractivity contribution in [3.8, 4) is 0 Å². The lowest BCUT2D eigenvalue weighted by atomic mass is 9.86. The first-order chi connectivity index (χ1) is 9.10. The monoisotopic (exact) mass is 261 g/mol. The Morgan fingerprint density at radius 1 is 1.32 bits per heavy atom. The summed E-state index contributed by atoms with van der Waals surface area (Å²) in [7, 11) is 0. The fourth-order valence-corrected chi connectivity index (χ4v) is 2.90. The molecule has 0 bridgehead atoms. The van der Waals surface area contributed by atoms with Crippen LogP contribution in [0.1, 0.15) is 43.7 Å². The van der Waals surface area contributed by atoms with Gasteiger partial charge in [-0.1, -0.05) is 13.0 Å². The van der Waals surface area contributed by atoms with E-state index in [1.54, 1.807) is 0 Å². The highest BCUT2D eigenvalue weighted by Crippen LogP contribution is 2.27. The lowest BCUT2D eigenvalue weighted by Crippen LogP contribution is -2.29. The first kappa shape index (κ1) is 13.9. The second kappa shape index (κ2) is 6.09. The number of carboxylic acid groups (broad SMARTS) is 1. The Kier molecular flexibility index (Phi) is 4.46. The quantitative estimate of drug-likeness (QED) is 0.870. The molecule has 0 aliphatic heterocycles. The van der Waals surface area contributed by atoms with E-state index in [0.717, 1.165) is 37.8 Å². The highest BCUT2D eigenvalue weighted by Gasteiger charge is 2.25. The molecule has 0 unspecified atom stereocenters. The van der Waals surface area contributed by atoms with Crippen LogP contribution in [0.5, 0.6) is 0 Å². The summed E-state index contributed by atoms with van der Waals surface area (Å²) in [6.07, 6.45) is 4.55. The number of nitrogens with one attached hydrogen (secondary N) is 1. The van der Waals surface area contributed by atoms with Gasteiger partial charge in [-0.05, 0) is 62.3 Å². The summed E-state index contributed by atoms with van der Waals surface area (Å²) in [5.41, 5.74) is 3.88. The lowest BCUT2D eigenvalue weighted by Gasteiger charge is -2.27. The third kappa shape index (κ3) is 3.49. The number of carboxylic acids is 1. The molecule has 0 atom stereocenters. The first-order valence-corrected chi connectivity index (χ1v) is 7.19. The molecule has 1 aliphatic carbocycles. The van der Waals surface area contributed by atoms with Crippen LogP contribution in [0.25, 0.3) is 0 Å². The maximum absolute atomic E-state index is 10.9. The number of benzene rings is 1. The summed E-state index contributed by atoms with van der Waals surface area (Å²) in [6, 6.07) is 6.93. The molecule has 104 valence electrons. The van der Waals surface area contributed by atoms with Crippen LogP contribution in [0.2, 0.25) is 0 Å². The van der Waals surface area contributed by atoms with Gasteiger partial charge in [0.15, 0.2) is 0 Å². The van der Waals surface area contributed by atoms with Gasteiger partial charge in [0.05, 0.1) is 5.92 Å². The maximum Gasteiger partial charge on any atom is 0.306 e. The van der Waals surface area contributed by atoms with E-state index in [2.05, 4.69) is 37.4 Å². The molecule has 0 aromatic heterocycles. The molecular formula is C16H23NO2. The molecule has 0 spiro atoms. The number of hydrogen-bond acceptors (Lipinski definition) is 2. The van der Waals surface area contributed by atoms with Crippen molar-refractivity contribution >= 4 is 11.7 Å². The van der Waals surface area contributed by atoms with E-state index in [1.807, 2.05) is 0 Å². The Morgan fingerprint density at radius 2 is 2.00 bits per heavy atom. The minimum absolute atomic E-state index is 0.137. The molecule has 0 amide bonds. The van der Waals surface area contributed by atoms with E-state index in [9.17, 15) is 4.79 Å². The molecule has 0 heterocycles. The summed E-state index contributed by atoms with van der Waals surface area (Å²) in [5.74, 6) is -0.774. The Hall–Kier alpha value is -1.51. The molecule has 1 aromatic rings. The Balaban J connectivity index is 1.92. The molecule has 1 aromatic carbocycles. The predicted octanol–water partition coefficient (Wildman–Crippen LogP) is 3.61. The first-order valence-electron chi connectivity index (χ1n) is 7.19. The van der Waals surface area contributed by atoms with Crippen molar-refractivity contribution in [1.82, 2.24) is 0 Å². The van der Waals surface area contributed by atoms with Gasteiger partial charge in [-0.15, -0.1) is 0 Å². The van der Waals surface area contributed by atoms with Crippen LogP contribution < -0.4 is 5.32 Å². The zero-order valence-electron chi connectivity index (χ0n) is 11.8. The molecule has 1 fully saturated rings. The topological polar surface area (TPSA) is 49.3 Å². The highest BCUT2D eigenvalue weighted by atomic mass is 16.4. The molecule has 1 aliphatic rings.